The maximum atomic E-state index is 13.8. The number of hydrogen-bond acceptors (Lipinski definition) is 8. The van der Waals surface area contributed by atoms with Crippen LogP contribution in [-0.2, 0) is 14.3 Å². The standard InChI is InChI=1S/C21H19BrFN5O3S/c1-2-31-21(30)17-15(10-28-7-5-24-16(29)11-28)26-19(20-25-6-8-32-20)27-18(17)13-4-3-12(23)9-14(13)22/h3-9,18H,2,10-11H2,1H3,(H,24,29)(H,26,27). The molecule has 1 amide bonds. The molecule has 166 valence electrons. The molecule has 0 bridgehead atoms. The number of aliphatic imine (C=N–C) groups is 1. The Balaban J connectivity index is 1.83. The van der Waals surface area contributed by atoms with E-state index in [4.69, 9.17) is 9.73 Å². The minimum absolute atomic E-state index is 0.131. The van der Waals surface area contributed by atoms with E-state index in [0.29, 0.717) is 32.1 Å². The summed E-state index contributed by atoms with van der Waals surface area (Å²) in [4.78, 5) is 35.8. The topological polar surface area (TPSA) is 95.9 Å². The molecule has 0 saturated heterocycles. The van der Waals surface area contributed by atoms with Gasteiger partial charge >= 0.3 is 5.97 Å². The number of benzene rings is 1. The van der Waals surface area contributed by atoms with Crippen molar-refractivity contribution in [2.45, 2.75) is 13.0 Å². The van der Waals surface area contributed by atoms with Crippen LogP contribution in [0.2, 0.25) is 0 Å². The third-order valence-electron chi connectivity index (χ3n) is 4.75. The first-order valence-electron chi connectivity index (χ1n) is 9.76. The van der Waals surface area contributed by atoms with Gasteiger partial charge in [-0.2, -0.15) is 0 Å². The third kappa shape index (κ3) is 4.73. The molecular weight excluding hydrogens is 501 g/mol. The second-order valence-electron chi connectivity index (χ2n) is 6.91. The molecule has 1 atom stereocenters. The Hall–Kier alpha value is -3.05. The summed E-state index contributed by atoms with van der Waals surface area (Å²) < 4.78 is 19.6. The first-order chi connectivity index (χ1) is 15.5. The first kappa shape index (κ1) is 22.2. The summed E-state index contributed by atoms with van der Waals surface area (Å²) in [5.41, 5.74) is 1.43. The number of amidine groups is 1. The molecule has 0 radical (unpaired) electrons. The van der Waals surface area contributed by atoms with E-state index in [1.807, 2.05) is 5.38 Å². The van der Waals surface area contributed by atoms with Gasteiger partial charge in [0.1, 0.15) is 11.9 Å². The monoisotopic (exact) mass is 519 g/mol. The molecule has 1 aromatic heterocycles. The highest BCUT2D eigenvalue weighted by Crippen LogP contribution is 2.37. The van der Waals surface area contributed by atoms with Gasteiger partial charge in [-0.1, -0.05) is 22.0 Å². The molecular formula is C21H19BrFN5O3S. The molecule has 1 unspecified atom stereocenters. The molecule has 8 nitrogen and oxygen atoms in total. The molecule has 2 N–H and O–H groups in total. The molecule has 4 rings (SSSR count). The normalized spacial score (nSPS) is 18.2. The van der Waals surface area contributed by atoms with Crippen LogP contribution >= 0.6 is 27.3 Å². The molecule has 32 heavy (non-hydrogen) atoms. The van der Waals surface area contributed by atoms with Gasteiger partial charge in [-0.05, 0) is 24.6 Å². The molecule has 0 fully saturated rings. The SMILES string of the molecule is CCOC(=O)C1=C(CN2C=CNC(=O)C2)NC(c2nccs2)=NC1c1ccc(F)cc1Br. The van der Waals surface area contributed by atoms with E-state index in [2.05, 4.69) is 31.5 Å². The van der Waals surface area contributed by atoms with Crippen molar-refractivity contribution in [2.75, 3.05) is 19.7 Å². The zero-order valence-corrected chi connectivity index (χ0v) is 19.4. The number of aromatic nitrogens is 1. The van der Waals surface area contributed by atoms with Crippen LogP contribution in [-0.4, -0.2) is 47.3 Å². The fourth-order valence-corrected chi connectivity index (χ4v) is 4.55. The number of thiazole rings is 1. The number of esters is 1. The van der Waals surface area contributed by atoms with Crippen LogP contribution in [0, 0.1) is 5.82 Å². The predicted molar refractivity (Wildman–Crippen MR) is 121 cm³/mol. The number of carbonyl (C=O) groups excluding carboxylic acids is 2. The number of rotatable bonds is 6. The van der Waals surface area contributed by atoms with Crippen LogP contribution < -0.4 is 10.6 Å². The number of amides is 1. The number of carbonyl (C=O) groups is 2. The van der Waals surface area contributed by atoms with Crippen molar-refractivity contribution in [2.24, 2.45) is 4.99 Å². The Bertz CT molecular complexity index is 1130. The second kappa shape index (κ2) is 9.61. The van der Waals surface area contributed by atoms with Gasteiger partial charge in [0, 0.05) is 34.1 Å². The van der Waals surface area contributed by atoms with E-state index in [0.717, 1.165) is 0 Å². The van der Waals surface area contributed by atoms with Crippen LogP contribution in [0.5, 0.6) is 0 Å². The molecule has 2 aliphatic heterocycles. The summed E-state index contributed by atoms with van der Waals surface area (Å²) >= 11 is 4.80. The van der Waals surface area contributed by atoms with Crippen molar-refractivity contribution in [1.82, 2.24) is 20.5 Å². The minimum Gasteiger partial charge on any atom is -0.463 e. The average molecular weight is 520 g/mol. The lowest BCUT2D eigenvalue weighted by Crippen LogP contribution is -2.42. The third-order valence-corrected chi connectivity index (χ3v) is 6.22. The zero-order valence-electron chi connectivity index (χ0n) is 17.0. The molecule has 0 aliphatic carbocycles. The molecule has 0 spiro atoms. The van der Waals surface area contributed by atoms with Crippen molar-refractivity contribution in [1.29, 1.82) is 0 Å². The Kier molecular flexibility index (Phi) is 6.66. The van der Waals surface area contributed by atoms with Gasteiger partial charge in [0.05, 0.1) is 25.3 Å². The van der Waals surface area contributed by atoms with Crippen molar-refractivity contribution in [3.05, 3.63) is 74.3 Å². The average Bonchev–Trinajstić information content (AvgIpc) is 3.28. The van der Waals surface area contributed by atoms with E-state index < -0.39 is 17.8 Å². The number of halogens is 2. The molecule has 2 aliphatic rings. The minimum atomic E-state index is -0.762. The Morgan fingerprint density at radius 1 is 1.44 bits per heavy atom. The zero-order chi connectivity index (χ0) is 22.7. The van der Waals surface area contributed by atoms with Crippen LogP contribution in [0.3, 0.4) is 0 Å². The Labute approximate surface area is 196 Å². The van der Waals surface area contributed by atoms with Gasteiger partial charge in [-0.15, -0.1) is 11.3 Å². The molecule has 11 heteroatoms. The fourth-order valence-electron chi connectivity index (χ4n) is 3.40. The van der Waals surface area contributed by atoms with Crippen molar-refractivity contribution < 1.29 is 18.7 Å². The van der Waals surface area contributed by atoms with Crippen molar-refractivity contribution in [3.63, 3.8) is 0 Å². The van der Waals surface area contributed by atoms with Crippen LogP contribution in [0.1, 0.15) is 23.5 Å². The number of hydrogen-bond donors (Lipinski definition) is 2. The fraction of sp³-hybridized carbons (Fsp3) is 0.238. The van der Waals surface area contributed by atoms with Crippen LogP contribution in [0.25, 0.3) is 0 Å². The smallest absolute Gasteiger partial charge is 0.338 e. The van der Waals surface area contributed by atoms with E-state index in [1.165, 1.54) is 23.5 Å². The Morgan fingerprint density at radius 2 is 2.28 bits per heavy atom. The quantitative estimate of drug-likeness (QED) is 0.569. The number of nitrogens with one attached hydrogen (secondary N) is 2. The van der Waals surface area contributed by atoms with E-state index in [1.54, 1.807) is 36.5 Å². The lowest BCUT2D eigenvalue weighted by molar-refractivity contribution is -0.139. The summed E-state index contributed by atoms with van der Waals surface area (Å²) in [6, 6.07) is 3.47. The molecule has 1 aromatic carbocycles. The van der Waals surface area contributed by atoms with Gasteiger partial charge < -0.3 is 20.3 Å². The number of ether oxygens (including phenoxy) is 1. The second-order valence-corrected chi connectivity index (χ2v) is 8.66. The lowest BCUT2D eigenvalue weighted by Gasteiger charge is -2.31. The molecule has 3 heterocycles. The van der Waals surface area contributed by atoms with Crippen molar-refractivity contribution in [3.8, 4) is 0 Å². The van der Waals surface area contributed by atoms with E-state index in [-0.39, 0.29) is 25.6 Å². The highest BCUT2D eigenvalue weighted by molar-refractivity contribution is 9.10. The Morgan fingerprint density at radius 3 is 2.97 bits per heavy atom. The summed E-state index contributed by atoms with van der Waals surface area (Å²) in [5.74, 6) is -0.628. The lowest BCUT2D eigenvalue weighted by atomic mass is 9.95. The maximum Gasteiger partial charge on any atom is 0.338 e. The maximum absolute atomic E-state index is 13.8. The van der Waals surface area contributed by atoms with Gasteiger partial charge in [-0.3, -0.25) is 9.79 Å². The molecule has 2 aromatic rings. The predicted octanol–water partition coefficient (Wildman–Crippen LogP) is 2.86. The van der Waals surface area contributed by atoms with Gasteiger partial charge in [0.15, 0.2) is 10.8 Å². The summed E-state index contributed by atoms with van der Waals surface area (Å²) in [5, 5.41) is 8.30. The highest BCUT2D eigenvalue weighted by Gasteiger charge is 2.34. The molecule has 0 saturated carbocycles. The highest BCUT2D eigenvalue weighted by atomic mass is 79.9. The van der Waals surface area contributed by atoms with Crippen LogP contribution in [0.15, 0.2) is 62.9 Å². The summed E-state index contributed by atoms with van der Waals surface area (Å²) in [7, 11) is 0. The van der Waals surface area contributed by atoms with Crippen molar-refractivity contribution >= 4 is 45.0 Å². The summed E-state index contributed by atoms with van der Waals surface area (Å²) in [6.45, 7) is 2.27. The summed E-state index contributed by atoms with van der Waals surface area (Å²) in [6.07, 6.45) is 4.94. The first-order valence-corrected chi connectivity index (χ1v) is 11.4. The van der Waals surface area contributed by atoms with Gasteiger partial charge in [0.2, 0.25) is 5.91 Å². The number of nitrogens with zero attached hydrogens (tertiary/aromatic N) is 3. The van der Waals surface area contributed by atoms with E-state index >= 15 is 0 Å². The van der Waals surface area contributed by atoms with E-state index in [9.17, 15) is 14.0 Å². The van der Waals surface area contributed by atoms with Crippen LogP contribution in [0.4, 0.5) is 4.39 Å². The largest absolute Gasteiger partial charge is 0.463 e. The van der Waals surface area contributed by atoms with Gasteiger partial charge in [0.25, 0.3) is 0 Å². The van der Waals surface area contributed by atoms with Gasteiger partial charge in [-0.25, -0.2) is 14.2 Å².